The summed E-state index contributed by atoms with van der Waals surface area (Å²) in [5.74, 6) is -0.101. The maximum absolute atomic E-state index is 13.6. The van der Waals surface area contributed by atoms with Crippen molar-refractivity contribution in [2.75, 3.05) is 6.61 Å². The third-order valence-electron chi connectivity index (χ3n) is 6.19. The molecule has 172 valence electrons. The largest absolute Gasteiger partial charge is 0.491 e. The molecule has 5 heteroatoms. The molecule has 2 aromatic carbocycles. The summed E-state index contributed by atoms with van der Waals surface area (Å²) in [5, 5.41) is 3.39. The van der Waals surface area contributed by atoms with Crippen LogP contribution >= 0.6 is 0 Å². The van der Waals surface area contributed by atoms with Gasteiger partial charge in [-0.05, 0) is 51.7 Å². The average molecular weight is 446 g/mol. The molecule has 0 saturated heterocycles. The van der Waals surface area contributed by atoms with E-state index < -0.39 is 11.9 Å². The van der Waals surface area contributed by atoms with Gasteiger partial charge in [-0.25, -0.2) is 4.79 Å². The second-order valence-electron chi connectivity index (χ2n) is 8.85. The zero-order valence-corrected chi connectivity index (χ0v) is 19.7. The number of Topliss-reactive ketones (excluding diaryl/α,β-unsaturated/α-hetero) is 1. The molecular formula is C28H31NO4. The molecule has 0 amide bonds. The van der Waals surface area contributed by atoms with Crippen LogP contribution in [0.15, 0.2) is 77.1 Å². The molecule has 0 bridgehead atoms. The van der Waals surface area contributed by atoms with Gasteiger partial charge in [0.1, 0.15) is 5.75 Å². The normalized spacial score (nSPS) is 20.5. The number of carbonyl (C=O) groups is 2. The van der Waals surface area contributed by atoms with Crippen LogP contribution in [0.4, 0.5) is 0 Å². The highest BCUT2D eigenvalue weighted by molar-refractivity contribution is 6.04. The first-order chi connectivity index (χ1) is 15.9. The van der Waals surface area contributed by atoms with Gasteiger partial charge in [-0.1, -0.05) is 48.5 Å². The van der Waals surface area contributed by atoms with E-state index in [9.17, 15) is 9.59 Å². The van der Waals surface area contributed by atoms with Crippen molar-refractivity contribution in [3.05, 3.63) is 88.3 Å². The zero-order valence-electron chi connectivity index (χ0n) is 19.7. The van der Waals surface area contributed by atoms with Crippen molar-refractivity contribution in [3.8, 4) is 5.75 Å². The third kappa shape index (κ3) is 4.58. The van der Waals surface area contributed by atoms with Gasteiger partial charge in [-0.3, -0.25) is 4.79 Å². The Balaban J connectivity index is 1.84. The molecule has 1 aliphatic heterocycles. The molecule has 2 aliphatic rings. The number of hydrogen-bond acceptors (Lipinski definition) is 5. The lowest BCUT2D eigenvalue weighted by molar-refractivity contribution is -0.138. The zero-order chi connectivity index (χ0) is 23.5. The van der Waals surface area contributed by atoms with E-state index in [1.165, 1.54) is 0 Å². The van der Waals surface area contributed by atoms with E-state index in [0.717, 1.165) is 22.5 Å². The molecular weight excluding hydrogens is 414 g/mol. The number of nitrogens with one attached hydrogen (secondary N) is 1. The Kier molecular flexibility index (Phi) is 6.68. The van der Waals surface area contributed by atoms with Crippen molar-refractivity contribution in [2.24, 2.45) is 0 Å². The highest BCUT2D eigenvalue weighted by Crippen LogP contribution is 2.47. The van der Waals surface area contributed by atoms with E-state index in [4.69, 9.17) is 9.47 Å². The minimum atomic E-state index is -0.528. The number of hydrogen-bond donors (Lipinski definition) is 1. The van der Waals surface area contributed by atoms with Crippen molar-refractivity contribution in [1.29, 1.82) is 0 Å². The molecule has 2 aromatic rings. The van der Waals surface area contributed by atoms with E-state index in [0.29, 0.717) is 29.7 Å². The van der Waals surface area contributed by atoms with Crippen LogP contribution in [0.2, 0.25) is 0 Å². The highest BCUT2D eigenvalue weighted by atomic mass is 16.5. The van der Waals surface area contributed by atoms with Crippen molar-refractivity contribution < 1.29 is 19.1 Å². The van der Waals surface area contributed by atoms with E-state index in [-0.39, 0.29) is 24.4 Å². The van der Waals surface area contributed by atoms with Gasteiger partial charge in [0.25, 0.3) is 0 Å². The van der Waals surface area contributed by atoms with Gasteiger partial charge in [-0.15, -0.1) is 0 Å². The van der Waals surface area contributed by atoms with Crippen LogP contribution in [0, 0.1) is 0 Å². The first kappa shape index (κ1) is 22.8. The molecule has 0 saturated carbocycles. The summed E-state index contributed by atoms with van der Waals surface area (Å²) in [6.45, 7) is 7.87. The van der Waals surface area contributed by atoms with E-state index in [1.807, 2.05) is 63.2 Å². The topological polar surface area (TPSA) is 64.6 Å². The standard InChI is InChI=1S/C28H31NO4/c1-5-32-28(31)25-18(4)29-22-15-20(19-11-7-6-8-12-19)16-23(30)27(22)26(25)21-13-9-10-14-24(21)33-17(2)3/h6-14,17,20,26,29H,5,15-16H2,1-4H3/t20-,26+/m1/s1. The number of para-hydroxylation sites is 1. The smallest absolute Gasteiger partial charge is 0.336 e. The summed E-state index contributed by atoms with van der Waals surface area (Å²) in [7, 11) is 0. The minimum Gasteiger partial charge on any atom is -0.491 e. The van der Waals surface area contributed by atoms with Gasteiger partial charge in [0.15, 0.2) is 5.78 Å². The number of carbonyl (C=O) groups excluding carboxylic acids is 2. The van der Waals surface area contributed by atoms with Gasteiger partial charge < -0.3 is 14.8 Å². The van der Waals surface area contributed by atoms with Gasteiger partial charge in [0, 0.05) is 29.0 Å². The fraction of sp³-hybridized carbons (Fsp3) is 0.357. The van der Waals surface area contributed by atoms with E-state index in [1.54, 1.807) is 6.92 Å². The molecule has 0 fully saturated rings. The molecule has 0 radical (unpaired) electrons. The number of allylic oxidation sites excluding steroid dienone is 3. The number of esters is 1. The maximum Gasteiger partial charge on any atom is 0.336 e. The van der Waals surface area contributed by atoms with E-state index in [2.05, 4.69) is 17.4 Å². The second kappa shape index (κ2) is 9.65. The van der Waals surface area contributed by atoms with Crippen LogP contribution in [0.3, 0.4) is 0 Å². The first-order valence-corrected chi connectivity index (χ1v) is 11.6. The monoisotopic (exact) mass is 445 g/mol. The van der Waals surface area contributed by atoms with Crippen molar-refractivity contribution in [2.45, 2.75) is 58.5 Å². The molecule has 0 aromatic heterocycles. The van der Waals surface area contributed by atoms with Crippen molar-refractivity contribution >= 4 is 11.8 Å². The Bertz CT molecular complexity index is 1110. The van der Waals surface area contributed by atoms with Crippen LogP contribution in [0.1, 0.15) is 63.5 Å². The average Bonchev–Trinajstić information content (AvgIpc) is 2.78. The quantitative estimate of drug-likeness (QED) is 0.603. The summed E-state index contributed by atoms with van der Waals surface area (Å²) in [5.41, 5.74) is 4.69. The van der Waals surface area contributed by atoms with Crippen LogP contribution < -0.4 is 10.1 Å². The predicted octanol–water partition coefficient (Wildman–Crippen LogP) is 5.40. The van der Waals surface area contributed by atoms with Gasteiger partial charge >= 0.3 is 5.97 Å². The molecule has 0 unspecified atom stereocenters. The Morgan fingerprint density at radius 3 is 2.45 bits per heavy atom. The minimum absolute atomic E-state index is 0.0399. The van der Waals surface area contributed by atoms with Crippen LogP contribution in [0.5, 0.6) is 5.75 Å². The van der Waals surface area contributed by atoms with Gasteiger partial charge in [-0.2, -0.15) is 0 Å². The van der Waals surface area contributed by atoms with Crippen LogP contribution in [-0.2, 0) is 14.3 Å². The molecule has 1 heterocycles. The number of ketones is 1. The summed E-state index contributed by atoms with van der Waals surface area (Å²) >= 11 is 0. The summed E-state index contributed by atoms with van der Waals surface area (Å²) in [6, 6.07) is 17.8. The summed E-state index contributed by atoms with van der Waals surface area (Å²) in [4.78, 5) is 26.7. The lowest BCUT2D eigenvalue weighted by Gasteiger charge is -2.37. The number of rotatable bonds is 6. The Morgan fingerprint density at radius 2 is 1.76 bits per heavy atom. The fourth-order valence-corrected chi connectivity index (χ4v) is 4.87. The molecule has 4 rings (SSSR count). The number of benzene rings is 2. The number of ether oxygens (including phenoxy) is 2. The molecule has 0 spiro atoms. The molecule has 1 aliphatic carbocycles. The molecule has 2 atom stereocenters. The highest BCUT2D eigenvalue weighted by Gasteiger charge is 2.42. The number of dihydropyridines is 1. The van der Waals surface area contributed by atoms with Crippen LogP contribution in [0.25, 0.3) is 0 Å². The van der Waals surface area contributed by atoms with Crippen molar-refractivity contribution in [1.82, 2.24) is 5.32 Å². The van der Waals surface area contributed by atoms with E-state index >= 15 is 0 Å². The maximum atomic E-state index is 13.6. The molecule has 33 heavy (non-hydrogen) atoms. The third-order valence-corrected chi connectivity index (χ3v) is 6.19. The SMILES string of the molecule is CCOC(=O)C1=C(C)NC2=C(C(=O)C[C@H](c3ccccc3)C2)[C@H]1c1ccccc1OC(C)C. The van der Waals surface area contributed by atoms with Crippen molar-refractivity contribution in [3.63, 3.8) is 0 Å². The first-order valence-electron chi connectivity index (χ1n) is 11.6. The lowest BCUT2D eigenvalue weighted by Crippen LogP contribution is -2.36. The molecule has 5 nitrogen and oxygen atoms in total. The lowest BCUT2D eigenvalue weighted by atomic mass is 9.71. The second-order valence-corrected chi connectivity index (χ2v) is 8.85. The predicted molar refractivity (Wildman–Crippen MR) is 128 cm³/mol. The summed E-state index contributed by atoms with van der Waals surface area (Å²) in [6.07, 6.45) is 1.08. The van der Waals surface area contributed by atoms with Crippen LogP contribution in [-0.4, -0.2) is 24.5 Å². The molecule has 1 N–H and O–H groups in total. The Labute approximate surface area is 195 Å². The van der Waals surface area contributed by atoms with Gasteiger partial charge in [0.05, 0.1) is 24.2 Å². The Hall–Kier alpha value is -3.34. The Morgan fingerprint density at radius 1 is 1.06 bits per heavy atom. The summed E-state index contributed by atoms with van der Waals surface area (Å²) < 4.78 is 11.5. The fourth-order valence-electron chi connectivity index (χ4n) is 4.87. The van der Waals surface area contributed by atoms with Gasteiger partial charge in [0.2, 0.25) is 0 Å².